The van der Waals surface area contributed by atoms with Gasteiger partial charge in [0.15, 0.2) is 0 Å². The van der Waals surface area contributed by atoms with Crippen molar-refractivity contribution in [3.8, 4) is 0 Å². The van der Waals surface area contributed by atoms with Gasteiger partial charge < -0.3 is 10.2 Å². The third-order valence-electron chi connectivity index (χ3n) is 3.48. The first-order valence-electron chi connectivity index (χ1n) is 7.54. The molecule has 0 spiro atoms. The van der Waals surface area contributed by atoms with E-state index < -0.39 is 0 Å². The van der Waals surface area contributed by atoms with E-state index in [0.29, 0.717) is 25.2 Å². The molecule has 0 aromatic rings. The van der Waals surface area contributed by atoms with E-state index in [2.05, 4.69) is 19.2 Å². The number of unbranched alkanes of at least 4 members (excludes halogenated alkanes) is 2. The molecule has 0 heterocycles. The summed E-state index contributed by atoms with van der Waals surface area (Å²) in [6, 6.07) is 0.200. The van der Waals surface area contributed by atoms with Crippen LogP contribution in [0, 0.1) is 5.92 Å². The molecule has 0 fully saturated rings. The monoisotopic (exact) mass is 296 g/mol. The lowest BCUT2D eigenvalue weighted by Gasteiger charge is -2.17. The van der Waals surface area contributed by atoms with Gasteiger partial charge in [-0.25, -0.2) is 0 Å². The summed E-state index contributed by atoms with van der Waals surface area (Å²) in [6.07, 6.45) is 6.14. The molecule has 1 N–H and O–H groups in total. The van der Waals surface area contributed by atoms with Crippen molar-refractivity contribution in [1.82, 2.24) is 10.2 Å². The van der Waals surface area contributed by atoms with Crippen LogP contribution < -0.4 is 5.32 Å². The summed E-state index contributed by atoms with van der Waals surface area (Å²) in [7, 11) is 1.70. The summed E-state index contributed by atoms with van der Waals surface area (Å²) in [5.41, 5.74) is 0. The minimum absolute atomic E-state index is 0.0922. The molecule has 1 unspecified atom stereocenters. The average Bonchev–Trinajstić information content (AvgIpc) is 2.43. The standard InChI is InChI=1S/C16H28N2O3/c1-13(2)14(3)17-15(20)9-6-5-7-11-18(4)16(21)10-8-12-19/h8,10,12-14H,5-7,9,11H2,1-4H3,(H,17,20)/b10-8-. The van der Waals surface area contributed by atoms with Crippen molar-refractivity contribution in [2.24, 2.45) is 5.92 Å². The van der Waals surface area contributed by atoms with E-state index in [1.807, 2.05) is 6.92 Å². The summed E-state index contributed by atoms with van der Waals surface area (Å²) in [5, 5.41) is 2.97. The molecule has 120 valence electrons. The quantitative estimate of drug-likeness (QED) is 0.380. The third-order valence-corrected chi connectivity index (χ3v) is 3.48. The summed E-state index contributed by atoms with van der Waals surface area (Å²) < 4.78 is 0. The van der Waals surface area contributed by atoms with Crippen LogP contribution in [0.2, 0.25) is 0 Å². The van der Waals surface area contributed by atoms with Gasteiger partial charge in [0.1, 0.15) is 6.29 Å². The van der Waals surface area contributed by atoms with E-state index >= 15 is 0 Å². The molecule has 2 amide bonds. The largest absolute Gasteiger partial charge is 0.353 e. The molecule has 0 bridgehead atoms. The zero-order valence-corrected chi connectivity index (χ0v) is 13.6. The molecule has 5 heteroatoms. The predicted molar refractivity (Wildman–Crippen MR) is 83.8 cm³/mol. The number of carbonyl (C=O) groups excluding carboxylic acids is 3. The normalized spacial score (nSPS) is 12.4. The first-order valence-corrected chi connectivity index (χ1v) is 7.54. The van der Waals surface area contributed by atoms with Gasteiger partial charge in [-0.3, -0.25) is 14.4 Å². The number of carbonyl (C=O) groups is 3. The van der Waals surface area contributed by atoms with Crippen molar-refractivity contribution < 1.29 is 14.4 Å². The first kappa shape index (κ1) is 19.4. The molecule has 0 aromatic carbocycles. The predicted octanol–water partition coefficient (Wildman–Crippen LogP) is 1.92. The van der Waals surface area contributed by atoms with Gasteiger partial charge in [-0.05, 0) is 31.8 Å². The highest BCUT2D eigenvalue weighted by Crippen LogP contribution is 2.04. The highest BCUT2D eigenvalue weighted by atomic mass is 16.2. The molecule has 0 saturated carbocycles. The summed E-state index contributed by atoms with van der Waals surface area (Å²) in [4.78, 5) is 34.8. The second kappa shape index (κ2) is 11.1. The fourth-order valence-corrected chi connectivity index (χ4v) is 1.66. The summed E-state index contributed by atoms with van der Waals surface area (Å²) >= 11 is 0. The Morgan fingerprint density at radius 3 is 2.38 bits per heavy atom. The zero-order chi connectivity index (χ0) is 16.3. The summed E-state index contributed by atoms with van der Waals surface area (Å²) in [5.74, 6) is 0.355. The number of rotatable bonds is 10. The Bertz CT molecular complexity index is 365. The molecular weight excluding hydrogens is 268 g/mol. The average molecular weight is 296 g/mol. The van der Waals surface area contributed by atoms with Crippen LogP contribution in [-0.2, 0) is 14.4 Å². The Hall–Kier alpha value is -1.65. The molecule has 0 aliphatic carbocycles. The number of likely N-dealkylation sites (N-methyl/N-ethyl adjacent to an activating group) is 1. The minimum atomic E-state index is -0.175. The van der Waals surface area contributed by atoms with Crippen LogP contribution >= 0.6 is 0 Å². The van der Waals surface area contributed by atoms with E-state index in [0.717, 1.165) is 19.3 Å². The topological polar surface area (TPSA) is 66.5 Å². The fraction of sp³-hybridized carbons (Fsp3) is 0.688. The fourth-order valence-electron chi connectivity index (χ4n) is 1.66. The molecule has 0 aliphatic heterocycles. The third kappa shape index (κ3) is 9.82. The van der Waals surface area contributed by atoms with Gasteiger partial charge in [0.25, 0.3) is 0 Å². The van der Waals surface area contributed by atoms with Gasteiger partial charge in [-0.2, -0.15) is 0 Å². The molecular formula is C16H28N2O3. The smallest absolute Gasteiger partial charge is 0.246 e. The number of nitrogens with zero attached hydrogens (tertiary/aromatic N) is 1. The van der Waals surface area contributed by atoms with Crippen LogP contribution in [-0.4, -0.2) is 42.6 Å². The second-order valence-electron chi connectivity index (χ2n) is 5.67. The number of hydrogen-bond donors (Lipinski definition) is 1. The highest BCUT2D eigenvalue weighted by molar-refractivity contribution is 5.90. The number of allylic oxidation sites excluding steroid dienone is 1. The maximum atomic E-state index is 11.7. The van der Waals surface area contributed by atoms with E-state index in [4.69, 9.17) is 0 Å². The van der Waals surface area contributed by atoms with E-state index in [1.165, 1.54) is 12.2 Å². The van der Waals surface area contributed by atoms with E-state index in [1.54, 1.807) is 11.9 Å². The lowest BCUT2D eigenvalue weighted by atomic mass is 10.1. The second-order valence-corrected chi connectivity index (χ2v) is 5.67. The Kier molecular flexibility index (Phi) is 10.2. The molecule has 0 aromatic heterocycles. The van der Waals surface area contributed by atoms with Gasteiger partial charge in [-0.1, -0.05) is 20.3 Å². The number of nitrogens with one attached hydrogen (secondary N) is 1. The van der Waals surface area contributed by atoms with Gasteiger partial charge in [0.2, 0.25) is 11.8 Å². The van der Waals surface area contributed by atoms with E-state index in [9.17, 15) is 14.4 Å². The number of hydrogen-bond acceptors (Lipinski definition) is 3. The molecule has 5 nitrogen and oxygen atoms in total. The van der Waals surface area contributed by atoms with Crippen molar-refractivity contribution >= 4 is 18.1 Å². The van der Waals surface area contributed by atoms with Gasteiger partial charge >= 0.3 is 0 Å². The van der Waals surface area contributed by atoms with Crippen LogP contribution in [0.5, 0.6) is 0 Å². The molecule has 0 radical (unpaired) electrons. The Morgan fingerprint density at radius 1 is 1.14 bits per heavy atom. The minimum Gasteiger partial charge on any atom is -0.353 e. The number of aldehydes is 1. The molecule has 1 atom stereocenters. The van der Waals surface area contributed by atoms with Crippen molar-refractivity contribution in [2.75, 3.05) is 13.6 Å². The van der Waals surface area contributed by atoms with Crippen molar-refractivity contribution in [3.05, 3.63) is 12.2 Å². The van der Waals surface area contributed by atoms with Crippen molar-refractivity contribution in [1.29, 1.82) is 0 Å². The van der Waals surface area contributed by atoms with E-state index in [-0.39, 0.29) is 17.9 Å². The molecule has 0 rings (SSSR count). The highest BCUT2D eigenvalue weighted by Gasteiger charge is 2.10. The van der Waals surface area contributed by atoms with Gasteiger partial charge in [-0.15, -0.1) is 0 Å². The lowest BCUT2D eigenvalue weighted by Crippen LogP contribution is -2.35. The molecule has 0 saturated heterocycles. The Morgan fingerprint density at radius 2 is 1.81 bits per heavy atom. The lowest BCUT2D eigenvalue weighted by molar-refractivity contribution is -0.125. The maximum Gasteiger partial charge on any atom is 0.246 e. The van der Waals surface area contributed by atoms with Crippen molar-refractivity contribution in [2.45, 2.75) is 52.5 Å². The van der Waals surface area contributed by atoms with Gasteiger partial charge in [0, 0.05) is 32.1 Å². The van der Waals surface area contributed by atoms with Crippen LogP contribution in [0.15, 0.2) is 12.2 Å². The molecule has 0 aliphatic rings. The maximum absolute atomic E-state index is 11.7. The van der Waals surface area contributed by atoms with Crippen LogP contribution in [0.3, 0.4) is 0 Å². The van der Waals surface area contributed by atoms with Gasteiger partial charge in [0.05, 0.1) is 0 Å². The SMILES string of the molecule is CC(C)C(C)NC(=O)CCCCCN(C)C(=O)/C=C\C=O. The molecule has 21 heavy (non-hydrogen) atoms. The van der Waals surface area contributed by atoms with Crippen LogP contribution in [0.1, 0.15) is 46.5 Å². The van der Waals surface area contributed by atoms with Crippen LogP contribution in [0.4, 0.5) is 0 Å². The van der Waals surface area contributed by atoms with Crippen LogP contribution in [0.25, 0.3) is 0 Å². The summed E-state index contributed by atoms with van der Waals surface area (Å²) in [6.45, 7) is 6.80. The first-order chi connectivity index (χ1) is 9.88. The Balaban J connectivity index is 3.72. The van der Waals surface area contributed by atoms with Crippen molar-refractivity contribution in [3.63, 3.8) is 0 Å². The number of amides is 2. The Labute approximate surface area is 127 Å². The zero-order valence-electron chi connectivity index (χ0n) is 13.6.